The lowest BCUT2D eigenvalue weighted by atomic mass is 10.4. The van der Waals surface area contributed by atoms with Gasteiger partial charge in [-0.05, 0) is 40.0 Å². The molecule has 0 aromatic rings. The van der Waals surface area contributed by atoms with Crippen LogP contribution in [0.15, 0.2) is 0 Å². The van der Waals surface area contributed by atoms with E-state index in [9.17, 15) is 0 Å². The molecule has 12 heavy (non-hydrogen) atoms. The van der Waals surface area contributed by atoms with Crippen LogP contribution in [0, 0.1) is 0 Å². The summed E-state index contributed by atoms with van der Waals surface area (Å²) in [5.41, 5.74) is 0. The van der Waals surface area contributed by atoms with E-state index in [-0.39, 0.29) is 0 Å². The molecule has 0 amide bonds. The molecule has 0 N–H and O–H groups in total. The Bertz CT molecular complexity index is 81.8. The predicted molar refractivity (Wildman–Crippen MR) is 55.6 cm³/mol. The largest absolute Gasteiger partial charge is 0.305 e. The standard InChI is InChI=1S/C10H24N2/c1-5-7-11(3)9-10-12(4)8-6-2/h5-10H2,1-4H3. The van der Waals surface area contributed by atoms with Crippen molar-refractivity contribution in [3.05, 3.63) is 0 Å². The molecule has 0 unspecified atom stereocenters. The third-order valence-corrected chi connectivity index (χ3v) is 2.07. The number of hydrogen-bond acceptors (Lipinski definition) is 2. The first-order chi connectivity index (χ1) is 5.70. The van der Waals surface area contributed by atoms with Crippen molar-refractivity contribution in [3.8, 4) is 0 Å². The van der Waals surface area contributed by atoms with Crippen LogP contribution >= 0.6 is 0 Å². The summed E-state index contributed by atoms with van der Waals surface area (Å²) in [7, 11) is 4.40. The van der Waals surface area contributed by atoms with Crippen molar-refractivity contribution in [1.82, 2.24) is 9.80 Å². The molecule has 0 aliphatic rings. The second kappa shape index (κ2) is 7.56. The first-order valence-electron chi connectivity index (χ1n) is 5.07. The molecule has 0 aliphatic heterocycles. The molecule has 2 heteroatoms. The van der Waals surface area contributed by atoms with Crippen LogP contribution in [0.2, 0.25) is 0 Å². The van der Waals surface area contributed by atoms with Crippen LogP contribution in [-0.4, -0.2) is 50.1 Å². The smallest absolute Gasteiger partial charge is 0.0106 e. The van der Waals surface area contributed by atoms with E-state index in [0.717, 1.165) is 0 Å². The molecule has 0 heterocycles. The maximum Gasteiger partial charge on any atom is 0.0106 e. The molecule has 0 rings (SSSR count). The third kappa shape index (κ3) is 6.62. The Kier molecular flexibility index (Phi) is 7.51. The molecule has 74 valence electrons. The molecular weight excluding hydrogens is 148 g/mol. The zero-order valence-electron chi connectivity index (χ0n) is 9.14. The Balaban J connectivity index is 3.27. The molecule has 0 aromatic carbocycles. The van der Waals surface area contributed by atoms with Gasteiger partial charge in [-0.3, -0.25) is 0 Å². The summed E-state index contributed by atoms with van der Waals surface area (Å²) in [5, 5.41) is 0. The van der Waals surface area contributed by atoms with Gasteiger partial charge in [-0.2, -0.15) is 0 Å². The van der Waals surface area contributed by atoms with E-state index in [1.165, 1.54) is 39.0 Å². The molecule has 0 saturated heterocycles. The van der Waals surface area contributed by atoms with Crippen LogP contribution in [-0.2, 0) is 0 Å². The molecule has 0 aromatic heterocycles. The SMILES string of the molecule is CCCN(C)CCN(C)CCC. The van der Waals surface area contributed by atoms with Crippen LogP contribution in [0.5, 0.6) is 0 Å². The van der Waals surface area contributed by atoms with Gasteiger partial charge in [0.2, 0.25) is 0 Å². The van der Waals surface area contributed by atoms with E-state index in [1.54, 1.807) is 0 Å². The maximum absolute atomic E-state index is 2.40. The lowest BCUT2D eigenvalue weighted by molar-refractivity contribution is 0.257. The van der Waals surface area contributed by atoms with Gasteiger partial charge in [-0.1, -0.05) is 13.8 Å². The van der Waals surface area contributed by atoms with Crippen LogP contribution in [0.1, 0.15) is 26.7 Å². The minimum Gasteiger partial charge on any atom is -0.305 e. The highest BCUT2D eigenvalue weighted by atomic mass is 15.2. The van der Waals surface area contributed by atoms with Crippen molar-refractivity contribution in [2.45, 2.75) is 26.7 Å². The summed E-state index contributed by atoms with van der Waals surface area (Å²) < 4.78 is 0. The van der Waals surface area contributed by atoms with Crippen LogP contribution in [0.25, 0.3) is 0 Å². The molecule has 0 aliphatic carbocycles. The maximum atomic E-state index is 2.40. The number of hydrogen-bond donors (Lipinski definition) is 0. The lowest BCUT2D eigenvalue weighted by Gasteiger charge is -2.20. The molecule has 0 fully saturated rings. The van der Waals surface area contributed by atoms with E-state index >= 15 is 0 Å². The zero-order chi connectivity index (χ0) is 9.40. The fourth-order valence-corrected chi connectivity index (χ4v) is 1.33. The fourth-order valence-electron chi connectivity index (χ4n) is 1.33. The van der Waals surface area contributed by atoms with Gasteiger partial charge in [0.1, 0.15) is 0 Å². The van der Waals surface area contributed by atoms with Crippen molar-refractivity contribution >= 4 is 0 Å². The van der Waals surface area contributed by atoms with Gasteiger partial charge in [-0.25, -0.2) is 0 Å². The number of likely N-dealkylation sites (N-methyl/N-ethyl adjacent to an activating group) is 2. The van der Waals surface area contributed by atoms with Gasteiger partial charge >= 0.3 is 0 Å². The van der Waals surface area contributed by atoms with Crippen molar-refractivity contribution in [2.75, 3.05) is 40.3 Å². The number of rotatable bonds is 7. The van der Waals surface area contributed by atoms with Gasteiger partial charge in [0.05, 0.1) is 0 Å². The summed E-state index contributed by atoms with van der Waals surface area (Å²) in [5.74, 6) is 0. The Morgan fingerprint density at radius 1 is 0.667 bits per heavy atom. The van der Waals surface area contributed by atoms with Gasteiger partial charge in [0, 0.05) is 13.1 Å². The molecule has 0 atom stereocenters. The van der Waals surface area contributed by atoms with Gasteiger partial charge in [0.15, 0.2) is 0 Å². The highest BCUT2D eigenvalue weighted by Crippen LogP contribution is 1.89. The molecule has 0 radical (unpaired) electrons. The van der Waals surface area contributed by atoms with Crippen LogP contribution in [0.4, 0.5) is 0 Å². The molecule has 2 nitrogen and oxygen atoms in total. The van der Waals surface area contributed by atoms with Crippen molar-refractivity contribution in [2.24, 2.45) is 0 Å². The summed E-state index contributed by atoms with van der Waals surface area (Å²) in [6, 6.07) is 0. The van der Waals surface area contributed by atoms with E-state index in [4.69, 9.17) is 0 Å². The first kappa shape index (κ1) is 11.9. The zero-order valence-corrected chi connectivity index (χ0v) is 9.14. The van der Waals surface area contributed by atoms with Crippen molar-refractivity contribution in [3.63, 3.8) is 0 Å². The van der Waals surface area contributed by atoms with Crippen molar-refractivity contribution < 1.29 is 0 Å². The Hall–Kier alpha value is -0.0800. The third-order valence-electron chi connectivity index (χ3n) is 2.07. The normalized spacial score (nSPS) is 11.5. The highest BCUT2D eigenvalue weighted by molar-refractivity contribution is 4.55. The summed E-state index contributed by atoms with van der Waals surface area (Å²) >= 11 is 0. The average Bonchev–Trinajstić information content (AvgIpc) is 2.02. The predicted octanol–water partition coefficient (Wildman–Crippen LogP) is 1.67. The molecular formula is C10H24N2. The summed E-state index contributed by atoms with van der Waals surface area (Å²) in [6.45, 7) is 9.30. The van der Waals surface area contributed by atoms with Crippen molar-refractivity contribution in [1.29, 1.82) is 0 Å². The van der Waals surface area contributed by atoms with Crippen LogP contribution in [0.3, 0.4) is 0 Å². The Labute approximate surface area is 77.5 Å². The van der Waals surface area contributed by atoms with E-state index in [0.29, 0.717) is 0 Å². The number of nitrogens with zero attached hydrogens (tertiary/aromatic N) is 2. The summed E-state index contributed by atoms with van der Waals surface area (Å²) in [4.78, 5) is 4.79. The average molecular weight is 172 g/mol. The monoisotopic (exact) mass is 172 g/mol. The molecule has 0 bridgehead atoms. The second-order valence-corrected chi connectivity index (χ2v) is 3.61. The Morgan fingerprint density at radius 3 is 1.25 bits per heavy atom. The second-order valence-electron chi connectivity index (χ2n) is 3.61. The lowest BCUT2D eigenvalue weighted by Crippen LogP contribution is -2.31. The minimum absolute atomic E-state index is 1.20. The summed E-state index contributed by atoms with van der Waals surface area (Å²) in [6.07, 6.45) is 2.52. The molecule has 0 spiro atoms. The van der Waals surface area contributed by atoms with E-state index in [1.807, 2.05) is 0 Å². The van der Waals surface area contributed by atoms with Gasteiger partial charge in [-0.15, -0.1) is 0 Å². The van der Waals surface area contributed by atoms with E-state index < -0.39 is 0 Å². The topological polar surface area (TPSA) is 6.48 Å². The minimum atomic E-state index is 1.20. The first-order valence-corrected chi connectivity index (χ1v) is 5.07. The Morgan fingerprint density at radius 2 is 1.00 bits per heavy atom. The quantitative estimate of drug-likeness (QED) is 0.576. The highest BCUT2D eigenvalue weighted by Gasteiger charge is 1.99. The molecule has 0 saturated carbocycles. The fraction of sp³-hybridized carbons (Fsp3) is 1.00. The van der Waals surface area contributed by atoms with Gasteiger partial charge in [0.25, 0.3) is 0 Å². The van der Waals surface area contributed by atoms with Gasteiger partial charge < -0.3 is 9.80 Å². The van der Waals surface area contributed by atoms with E-state index in [2.05, 4.69) is 37.7 Å². The van der Waals surface area contributed by atoms with Crippen LogP contribution < -0.4 is 0 Å².